The number of rotatable bonds is 12. The summed E-state index contributed by atoms with van der Waals surface area (Å²) >= 11 is 0. The number of fused-ring (bicyclic) bond motifs is 2. The molecule has 0 radical (unpaired) electrons. The molecule has 7 rings (SSSR count). The Labute approximate surface area is 309 Å². The summed E-state index contributed by atoms with van der Waals surface area (Å²) in [6, 6.07) is 31.1. The predicted molar refractivity (Wildman–Crippen MR) is 210 cm³/mol. The van der Waals surface area contributed by atoms with E-state index in [1.165, 1.54) is 52.9 Å². The van der Waals surface area contributed by atoms with Gasteiger partial charge in [-0.15, -0.1) is 18.7 Å². The van der Waals surface area contributed by atoms with Crippen molar-refractivity contribution in [2.45, 2.75) is 77.0 Å². The van der Waals surface area contributed by atoms with E-state index < -0.39 is 0 Å². The Bertz CT molecular complexity index is 1560. The van der Waals surface area contributed by atoms with Gasteiger partial charge in [0.25, 0.3) is 0 Å². The molecule has 4 aliphatic rings. The summed E-state index contributed by atoms with van der Waals surface area (Å²) in [5.41, 5.74) is 10.5. The van der Waals surface area contributed by atoms with Crippen LogP contribution in [-0.2, 0) is 35.3 Å². The second kappa shape index (κ2) is 19.5. The Balaban J connectivity index is 0.000000506. The number of anilines is 1. The van der Waals surface area contributed by atoms with Crippen molar-refractivity contribution < 1.29 is 21.6 Å². The van der Waals surface area contributed by atoms with E-state index in [0.717, 1.165) is 45.1 Å². The SMILES string of the molecule is C=C.CC12C=CC=C(C1)C2.[CH2-]C/C(=C\CCCN1/C(=C/C=[N+](C)C)C(Cc2ccccc2)(Cc2ccccc2)c2ccccc21)CCC.[Fe]. The molecular weight excluding hydrogens is 636 g/mol. The molecule has 3 aromatic rings. The number of hydrogen-bond donors (Lipinski definition) is 0. The molecule has 0 spiro atoms. The fourth-order valence-corrected chi connectivity index (χ4v) is 7.52. The summed E-state index contributed by atoms with van der Waals surface area (Å²) in [5, 5.41) is 0. The number of benzene rings is 3. The maximum Gasteiger partial charge on any atom is 0.164 e. The van der Waals surface area contributed by atoms with Gasteiger partial charge in [0.1, 0.15) is 14.1 Å². The van der Waals surface area contributed by atoms with E-state index in [4.69, 9.17) is 0 Å². The van der Waals surface area contributed by atoms with E-state index in [1.54, 1.807) is 5.57 Å². The van der Waals surface area contributed by atoms with Gasteiger partial charge in [-0.3, -0.25) is 0 Å². The van der Waals surface area contributed by atoms with E-state index in [2.05, 4.69) is 179 Å². The molecule has 0 N–H and O–H groups in total. The number of nitrogens with zero attached hydrogens (tertiary/aromatic N) is 2. The number of allylic oxidation sites excluding steroid dienone is 8. The number of unbranched alkanes of at least 4 members (excludes halogenated alkanes) is 1. The van der Waals surface area contributed by atoms with Gasteiger partial charge in [-0.05, 0) is 73.1 Å². The van der Waals surface area contributed by atoms with Crippen molar-refractivity contribution in [1.29, 1.82) is 0 Å². The van der Waals surface area contributed by atoms with Crippen LogP contribution in [0.4, 0.5) is 5.69 Å². The molecule has 1 aliphatic heterocycles. The predicted octanol–water partition coefficient (Wildman–Crippen LogP) is 11.3. The van der Waals surface area contributed by atoms with E-state index in [1.807, 2.05) is 0 Å². The zero-order valence-electron chi connectivity index (χ0n) is 30.5. The minimum atomic E-state index is -0.150. The fraction of sp³-hybridized carbons (Fsp3) is 0.348. The standard InChI is InChI=1S/C36H44N2.C8H10.C2H4.Fe/c1-5-17-30(6-2)18-15-16-26-38-34-24-14-13-23-33(34)36(35(38)25-27-37(3)4,28-31-19-9-7-10-20-31)29-32-21-11-8-12-22-32;1-8-4-2-3-7(5-8)6-8;1-2;/h7-14,18-25,27H,2,5-6,15-17,26,28-29H2,1,3-4H3;2-4H,5-6H2,1H3;1-2H2;/b30-18+;;;. The third-order valence-electron chi connectivity index (χ3n) is 9.72. The van der Waals surface area contributed by atoms with Crippen molar-refractivity contribution in [2.75, 3.05) is 25.5 Å². The molecule has 2 bridgehead atoms. The van der Waals surface area contributed by atoms with Crippen LogP contribution < -0.4 is 4.90 Å². The molecule has 49 heavy (non-hydrogen) atoms. The number of para-hydroxylation sites is 1. The van der Waals surface area contributed by atoms with Crippen LogP contribution in [0.15, 0.2) is 145 Å². The topological polar surface area (TPSA) is 6.25 Å². The molecule has 260 valence electrons. The normalized spacial score (nSPS) is 16.8. The molecule has 1 heterocycles. The zero-order valence-corrected chi connectivity index (χ0v) is 31.6. The molecule has 1 saturated carbocycles. The molecule has 0 atom stereocenters. The van der Waals surface area contributed by atoms with Crippen molar-refractivity contribution in [3.05, 3.63) is 169 Å². The van der Waals surface area contributed by atoms with Gasteiger partial charge in [0.15, 0.2) is 6.21 Å². The van der Waals surface area contributed by atoms with Gasteiger partial charge >= 0.3 is 0 Å². The molecule has 0 unspecified atom stereocenters. The van der Waals surface area contributed by atoms with Crippen molar-refractivity contribution in [3.8, 4) is 0 Å². The Kier molecular flexibility index (Phi) is 15.8. The van der Waals surface area contributed by atoms with E-state index >= 15 is 0 Å². The first-order chi connectivity index (χ1) is 23.4. The van der Waals surface area contributed by atoms with Gasteiger partial charge in [0, 0.05) is 46.5 Å². The summed E-state index contributed by atoms with van der Waals surface area (Å²) in [7, 11) is 4.22. The summed E-state index contributed by atoms with van der Waals surface area (Å²) in [5.74, 6) is 0. The quantitative estimate of drug-likeness (QED) is 0.0457. The van der Waals surface area contributed by atoms with Crippen LogP contribution in [0.1, 0.15) is 75.5 Å². The van der Waals surface area contributed by atoms with Crippen LogP contribution in [-0.4, -0.2) is 31.4 Å². The van der Waals surface area contributed by atoms with Gasteiger partial charge in [-0.2, -0.15) is 6.42 Å². The molecule has 3 aromatic carbocycles. The molecule has 3 heteroatoms. The van der Waals surface area contributed by atoms with Crippen LogP contribution >= 0.6 is 0 Å². The zero-order chi connectivity index (χ0) is 34.4. The fourth-order valence-electron chi connectivity index (χ4n) is 7.52. The van der Waals surface area contributed by atoms with Crippen molar-refractivity contribution >= 4 is 11.9 Å². The first-order valence-corrected chi connectivity index (χ1v) is 17.9. The third-order valence-corrected chi connectivity index (χ3v) is 9.72. The van der Waals surface area contributed by atoms with Crippen LogP contribution in [0.5, 0.6) is 0 Å². The molecule has 0 aromatic heterocycles. The molecular formula is C46H58FeN2. The Morgan fingerprint density at radius 3 is 1.98 bits per heavy atom. The van der Waals surface area contributed by atoms with Crippen molar-refractivity contribution in [1.82, 2.24) is 0 Å². The van der Waals surface area contributed by atoms with Gasteiger partial charge in [-0.1, -0.05) is 129 Å². The third kappa shape index (κ3) is 10.4. The van der Waals surface area contributed by atoms with Gasteiger partial charge < -0.3 is 11.8 Å². The van der Waals surface area contributed by atoms with E-state index in [0.29, 0.717) is 5.41 Å². The van der Waals surface area contributed by atoms with Crippen molar-refractivity contribution in [2.24, 2.45) is 5.41 Å². The second-order valence-corrected chi connectivity index (χ2v) is 13.9. The van der Waals surface area contributed by atoms with Gasteiger partial charge in [0.05, 0.1) is 0 Å². The van der Waals surface area contributed by atoms with Crippen molar-refractivity contribution in [3.63, 3.8) is 0 Å². The minimum absolute atomic E-state index is 0. The first kappa shape index (κ1) is 39.8. The summed E-state index contributed by atoms with van der Waals surface area (Å²) < 4.78 is 2.15. The smallest absolute Gasteiger partial charge is 0.164 e. The van der Waals surface area contributed by atoms with E-state index in [-0.39, 0.29) is 22.5 Å². The minimum Gasteiger partial charge on any atom is -0.344 e. The molecule has 3 aliphatic carbocycles. The Morgan fingerprint density at radius 1 is 0.898 bits per heavy atom. The monoisotopic (exact) mass is 694 g/mol. The molecule has 0 saturated heterocycles. The summed E-state index contributed by atoms with van der Waals surface area (Å²) in [6.07, 6.45) is 23.8. The second-order valence-electron chi connectivity index (χ2n) is 13.9. The van der Waals surface area contributed by atoms with Crippen LogP contribution in [0.25, 0.3) is 0 Å². The summed E-state index contributed by atoms with van der Waals surface area (Å²) in [4.78, 5) is 2.61. The molecule has 2 nitrogen and oxygen atoms in total. The average Bonchev–Trinajstić information content (AvgIpc) is 3.34. The Hall–Kier alpha value is -3.65. The van der Waals surface area contributed by atoms with Gasteiger partial charge in [-0.25, -0.2) is 4.58 Å². The van der Waals surface area contributed by atoms with Gasteiger partial charge in [0.2, 0.25) is 0 Å². The van der Waals surface area contributed by atoms with E-state index in [9.17, 15) is 0 Å². The molecule has 1 fully saturated rings. The maximum atomic E-state index is 4.15. The molecule has 0 amide bonds. The maximum absolute atomic E-state index is 4.15. The number of hydrogen-bond acceptors (Lipinski definition) is 1. The Morgan fingerprint density at radius 2 is 1.49 bits per heavy atom. The van der Waals surface area contributed by atoms with Crippen LogP contribution in [0.3, 0.4) is 0 Å². The average molecular weight is 695 g/mol. The van der Waals surface area contributed by atoms with Crippen LogP contribution in [0.2, 0.25) is 0 Å². The largest absolute Gasteiger partial charge is 0.344 e. The first-order valence-electron chi connectivity index (χ1n) is 17.9. The van der Waals surface area contributed by atoms with Crippen LogP contribution in [0, 0.1) is 12.3 Å². The summed E-state index contributed by atoms with van der Waals surface area (Å²) in [6.45, 7) is 15.7.